The van der Waals surface area contributed by atoms with Crippen molar-refractivity contribution in [3.05, 3.63) is 57.9 Å². The third kappa shape index (κ3) is 4.48. The summed E-state index contributed by atoms with van der Waals surface area (Å²) in [6, 6.07) is 8.25. The van der Waals surface area contributed by atoms with Gasteiger partial charge in [-0.1, -0.05) is 11.6 Å². The maximum Gasteiger partial charge on any atom is 0.123 e. The van der Waals surface area contributed by atoms with Crippen LogP contribution in [0.5, 0.6) is 5.75 Å². The lowest BCUT2D eigenvalue weighted by Crippen LogP contribution is -2.14. The topological polar surface area (TPSA) is 24.8 Å². The van der Waals surface area contributed by atoms with E-state index in [0.717, 1.165) is 34.7 Å². The second kappa shape index (κ2) is 8.15. The number of hydrogen-bond donors (Lipinski definition) is 0. The van der Waals surface area contributed by atoms with Gasteiger partial charge < -0.3 is 9.64 Å². The Morgan fingerprint density at radius 2 is 2.00 bits per heavy atom. The molecule has 0 heterocycles. The normalized spacial score (nSPS) is 11.1. The molecule has 0 aliphatic rings. The van der Waals surface area contributed by atoms with Gasteiger partial charge in [-0.25, -0.2) is 9.38 Å². The van der Waals surface area contributed by atoms with E-state index in [2.05, 4.69) is 11.9 Å². The summed E-state index contributed by atoms with van der Waals surface area (Å²) in [4.78, 5) is 6.53. The van der Waals surface area contributed by atoms with Crippen LogP contribution in [0.15, 0.2) is 35.3 Å². The first kappa shape index (κ1) is 18.3. The van der Waals surface area contributed by atoms with Crippen molar-refractivity contribution in [1.82, 2.24) is 4.90 Å². The fraction of sp³-hybridized carbons (Fsp3) is 0.316. The number of ether oxygens (including phenoxy) is 1. The van der Waals surface area contributed by atoms with Crippen molar-refractivity contribution in [3.8, 4) is 5.75 Å². The zero-order valence-electron chi connectivity index (χ0n) is 14.4. The molecule has 0 radical (unpaired) electrons. The van der Waals surface area contributed by atoms with Gasteiger partial charge in [-0.3, -0.25) is 0 Å². The van der Waals surface area contributed by atoms with Crippen LogP contribution in [0.2, 0.25) is 5.02 Å². The molecule has 0 unspecified atom stereocenters. The molecule has 2 rings (SSSR count). The summed E-state index contributed by atoms with van der Waals surface area (Å²) in [5.74, 6) is 0.423. The summed E-state index contributed by atoms with van der Waals surface area (Å²) in [5, 5.41) is 0.550. The van der Waals surface area contributed by atoms with E-state index in [1.807, 2.05) is 31.0 Å². The van der Waals surface area contributed by atoms with Gasteiger partial charge in [-0.15, -0.1) is 0 Å². The quantitative estimate of drug-likeness (QED) is 0.542. The van der Waals surface area contributed by atoms with Crippen molar-refractivity contribution in [2.75, 3.05) is 20.7 Å². The summed E-state index contributed by atoms with van der Waals surface area (Å²) in [7, 11) is 3.59. The lowest BCUT2D eigenvalue weighted by atomic mass is 9.98. The van der Waals surface area contributed by atoms with E-state index in [4.69, 9.17) is 16.3 Å². The van der Waals surface area contributed by atoms with Gasteiger partial charge in [-0.2, -0.15) is 0 Å². The van der Waals surface area contributed by atoms with Crippen LogP contribution in [-0.2, 0) is 6.42 Å². The molecule has 0 spiro atoms. The summed E-state index contributed by atoms with van der Waals surface area (Å²) in [6.07, 6.45) is 2.31. The van der Waals surface area contributed by atoms with E-state index < -0.39 is 0 Å². The van der Waals surface area contributed by atoms with Crippen molar-refractivity contribution in [2.24, 2.45) is 4.99 Å². The van der Waals surface area contributed by atoms with E-state index in [-0.39, 0.29) is 5.82 Å². The fourth-order valence-electron chi connectivity index (χ4n) is 2.29. The third-order valence-corrected chi connectivity index (χ3v) is 4.35. The Labute approximate surface area is 147 Å². The Morgan fingerprint density at radius 1 is 1.25 bits per heavy atom. The molecule has 2 aromatic rings. The van der Waals surface area contributed by atoms with Gasteiger partial charge in [0.2, 0.25) is 0 Å². The van der Waals surface area contributed by atoms with Crippen LogP contribution in [0.4, 0.5) is 10.1 Å². The maximum atomic E-state index is 13.5. The van der Waals surface area contributed by atoms with Crippen LogP contribution in [0.25, 0.3) is 0 Å². The predicted octanol–water partition coefficient (Wildman–Crippen LogP) is 5.00. The first-order chi connectivity index (χ1) is 11.4. The number of methoxy groups -OCH3 is 1. The molecule has 0 amide bonds. The Kier molecular flexibility index (Phi) is 6.21. The lowest BCUT2D eigenvalue weighted by Gasteiger charge is -2.14. The number of hydrogen-bond acceptors (Lipinski definition) is 2. The van der Waals surface area contributed by atoms with Crippen LogP contribution >= 0.6 is 11.6 Å². The van der Waals surface area contributed by atoms with Gasteiger partial charge in [0.05, 0.1) is 19.1 Å². The highest BCUT2D eigenvalue weighted by Gasteiger charge is 2.11. The number of aliphatic imine (C=N–C) groups is 1. The molecule has 0 fully saturated rings. The minimum atomic E-state index is -0.294. The number of nitrogens with zero attached hydrogens (tertiary/aromatic N) is 2. The standard InChI is InChI=1S/C19H22ClFN2O/c1-5-23(3)12-22-19-11-17(24-4)10-14(13(19)2)8-15-9-16(21)6-7-18(15)20/h6-7,9-12H,5,8H2,1-4H3. The second-order valence-corrected chi connectivity index (χ2v) is 6.07. The molecular formula is C19H22ClFN2O. The average molecular weight is 349 g/mol. The molecule has 0 saturated heterocycles. The van der Waals surface area contributed by atoms with Crippen molar-refractivity contribution in [1.29, 1.82) is 0 Å². The zero-order valence-corrected chi connectivity index (χ0v) is 15.2. The Bertz CT molecular complexity index is 746. The lowest BCUT2D eigenvalue weighted by molar-refractivity contribution is 0.414. The molecule has 0 bridgehead atoms. The van der Waals surface area contributed by atoms with Gasteiger partial charge in [0.1, 0.15) is 11.6 Å². The van der Waals surface area contributed by atoms with E-state index >= 15 is 0 Å². The van der Waals surface area contributed by atoms with Gasteiger partial charge in [0.25, 0.3) is 0 Å². The van der Waals surface area contributed by atoms with E-state index in [1.54, 1.807) is 19.5 Å². The first-order valence-electron chi connectivity index (χ1n) is 7.80. The van der Waals surface area contributed by atoms with Crippen LogP contribution in [0.1, 0.15) is 23.6 Å². The highest BCUT2D eigenvalue weighted by Crippen LogP contribution is 2.31. The fourth-order valence-corrected chi connectivity index (χ4v) is 2.48. The molecule has 3 nitrogen and oxygen atoms in total. The first-order valence-corrected chi connectivity index (χ1v) is 8.18. The third-order valence-electron chi connectivity index (χ3n) is 3.98. The van der Waals surface area contributed by atoms with Crippen LogP contribution < -0.4 is 4.74 Å². The molecule has 0 aliphatic heterocycles. The van der Waals surface area contributed by atoms with Gasteiger partial charge >= 0.3 is 0 Å². The minimum Gasteiger partial charge on any atom is -0.497 e. The number of halogens is 2. The molecular weight excluding hydrogens is 327 g/mol. The van der Waals surface area contributed by atoms with Gasteiger partial charge in [0.15, 0.2) is 0 Å². The summed E-state index contributed by atoms with van der Waals surface area (Å²) < 4.78 is 18.9. The highest BCUT2D eigenvalue weighted by molar-refractivity contribution is 6.31. The van der Waals surface area contributed by atoms with Crippen molar-refractivity contribution in [3.63, 3.8) is 0 Å². The Morgan fingerprint density at radius 3 is 2.67 bits per heavy atom. The van der Waals surface area contributed by atoms with E-state index in [1.165, 1.54) is 12.1 Å². The molecule has 0 atom stereocenters. The van der Waals surface area contributed by atoms with Crippen molar-refractivity contribution < 1.29 is 9.13 Å². The number of rotatable bonds is 6. The minimum absolute atomic E-state index is 0.294. The van der Waals surface area contributed by atoms with Gasteiger partial charge in [-0.05, 0) is 61.2 Å². The number of benzene rings is 2. The van der Waals surface area contributed by atoms with Crippen molar-refractivity contribution >= 4 is 23.6 Å². The van der Waals surface area contributed by atoms with E-state index in [9.17, 15) is 4.39 Å². The second-order valence-electron chi connectivity index (χ2n) is 5.66. The Hall–Kier alpha value is -2.07. The van der Waals surface area contributed by atoms with Crippen LogP contribution in [-0.4, -0.2) is 31.9 Å². The zero-order chi connectivity index (χ0) is 17.7. The molecule has 128 valence electrons. The Balaban J connectivity index is 2.42. The maximum absolute atomic E-state index is 13.5. The van der Waals surface area contributed by atoms with Crippen molar-refractivity contribution in [2.45, 2.75) is 20.3 Å². The summed E-state index contributed by atoms with van der Waals surface area (Å²) in [5.41, 5.74) is 3.61. The summed E-state index contributed by atoms with van der Waals surface area (Å²) in [6.45, 7) is 4.93. The molecule has 5 heteroatoms. The smallest absolute Gasteiger partial charge is 0.123 e. The van der Waals surface area contributed by atoms with Crippen LogP contribution in [0.3, 0.4) is 0 Å². The molecule has 0 aromatic heterocycles. The van der Waals surface area contributed by atoms with Crippen LogP contribution in [0, 0.1) is 12.7 Å². The molecule has 2 aromatic carbocycles. The highest BCUT2D eigenvalue weighted by atomic mass is 35.5. The SMILES string of the molecule is CCN(C)C=Nc1cc(OC)cc(Cc2cc(F)ccc2Cl)c1C. The summed E-state index contributed by atoms with van der Waals surface area (Å²) >= 11 is 6.20. The average Bonchev–Trinajstić information content (AvgIpc) is 2.58. The predicted molar refractivity (Wildman–Crippen MR) is 98.4 cm³/mol. The molecule has 0 aliphatic carbocycles. The van der Waals surface area contributed by atoms with E-state index in [0.29, 0.717) is 11.4 Å². The largest absolute Gasteiger partial charge is 0.497 e. The monoisotopic (exact) mass is 348 g/mol. The molecule has 24 heavy (non-hydrogen) atoms. The molecule has 0 saturated carbocycles. The van der Waals surface area contributed by atoms with Gasteiger partial charge in [0, 0.05) is 24.7 Å². The molecule has 0 N–H and O–H groups in total.